The number of nitrogens with one attached hydrogen (secondary N) is 4. The van der Waals surface area contributed by atoms with Crippen LogP contribution < -0.4 is 21.3 Å². The van der Waals surface area contributed by atoms with Crippen LogP contribution >= 0.6 is 0 Å². The first-order valence-corrected chi connectivity index (χ1v) is 13.3. The van der Waals surface area contributed by atoms with Crippen LogP contribution in [0.3, 0.4) is 0 Å². The van der Waals surface area contributed by atoms with Crippen molar-refractivity contribution >= 4 is 21.7 Å². The molecule has 10 nitrogen and oxygen atoms in total. The molecule has 0 spiro atoms. The molecule has 0 aromatic heterocycles. The van der Waals surface area contributed by atoms with Gasteiger partial charge in [-0.1, -0.05) is 12.8 Å². The summed E-state index contributed by atoms with van der Waals surface area (Å²) >= 11 is 0. The Hall–Kier alpha value is -1.27. The Morgan fingerprint density at radius 3 is 2.45 bits per heavy atom. The summed E-state index contributed by atoms with van der Waals surface area (Å²) in [5.41, 5.74) is 0. The van der Waals surface area contributed by atoms with E-state index < -0.39 is 15.1 Å². The van der Waals surface area contributed by atoms with Gasteiger partial charge in [-0.2, -0.15) is 0 Å². The topological polar surface area (TPSA) is 123 Å². The lowest BCUT2D eigenvalue weighted by atomic mass is 9.93. The Balaban J connectivity index is 1.72. The van der Waals surface area contributed by atoms with Gasteiger partial charge in [0.25, 0.3) is 0 Å². The number of sulfone groups is 1. The summed E-state index contributed by atoms with van der Waals surface area (Å²) in [6, 6.07) is -0.176. The highest BCUT2D eigenvalue weighted by molar-refractivity contribution is 7.91. The van der Waals surface area contributed by atoms with Gasteiger partial charge in [0.2, 0.25) is 11.8 Å². The number of carbonyl (C=O) groups excluding carboxylic acids is 2. The number of hydrogen-bond acceptors (Lipinski definition) is 8. The number of hydrogen-bond donors (Lipinski definition) is 4. The second-order valence-electron chi connectivity index (χ2n) is 9.00. The molecule has 2 saturated heterocycles. The Morgan fingerprint density at radius 1 is 1.03 bits per heavy atom. The van der Waals surface area contributed by atoms with E-state index in [1.54, 1.807) is 14.0 Å². The van der Waals surface area contributed by atoms with E-state index in [0.29, 0.717) is 19.5 Å². The maximum atomic E-state index is 12.5. The molecular weight excluding hydrogens is 420 g/mol. The van der Waals surface area contributed by atoms with E-state index in [4.69, 9.17) is 0 Å². The number of rotatable bonds is 5. The van der Waals surface area contributed by atoms with Gasteiger partial charge in [-0.25, -0.2) is 8.42 Å². The molecule has 0 bridgehead atoms. The standard InChI is InChI=1S/C20H38N6O4S/c1-14(27)25-9-6-10-26(12-11-25)20-22-13-15(19(28)21-2)18(24-20)23-16-7-4-5-8-17(16)31(3,29)30/h15-18,20,22-24H,4-13H2,1-3H3,(H,21,28). The predicted octanol–water partition coefficient (Wildman–Crippen LogP) is -1.35. The van der Waals surface area contributed by atoms with Crippen LogP contribution in [0.15, 0.2) is 0 Å². The highest BCUT2D eigenvalue weighted by atomic mass is 32.2. The van der Waals surface area contributed by atoms with E-state index in [1.165, 1.54) is 6.26 Å². The fourth-order valence-corrected chi connectivity index (χ4v) is 6.48. The minimum absolute atomic E-state index is 0.0821. The second-order valence-corrected chi connectivity index (χ2v) is 11.3. The number of carbonyl (C=O) groups is 2. The minimum Gasteiger partial charge on any atom is -0.359 e. The molecule has 5 unspecified atom stereocenters. The molecule has 3 rings (SSSR count). The van der Waals surface area contributed by atoms with Crippen molar-refractivity contribution in [3.8, 4) is 0 Å². The number of amides is 2. The van der Waals surface area contributed by atoms with Crippen molar-refractivity contribution in [1.82, 2.24) is 31.1 Å². The molecule has 5 atom stereocenters. The molecule has 0 aromatic carbocycles. The highest BCUT2D eigenvalue weighted by Crippen LogP contribution is 2.25. The van der Waals surface area contributed by atoms with Gasteiger partial charge >= 0.3 is 0 Å². The van der Waals surface area contributed by atoms with Crippen LogP contribution in [0.25, 0.3) is 0 Å². The molecular formula is C20H38N6O4S. The normalized spacial score (nSPS) is 33.5. The van der Waals surface area contributed by atoms with Crippen molar-refractivity contribution in [2.75, 3.05) is 46.0 Å². The molecule has 4 N–H and O–H groups in total. The third-order valence-corrected chi connectivity index (χ3v) is 8.51. The molecule has 31 heavy (non-hydrogen) atoms. The molecule has 2 heterocycles. The van der Waals surface area contributed by atoms with Crippen LogP contribution in [0, 0.1) is 5.92 Å². The monoisotopic (exact) mass is 458 g/mol. The summed E-state index contributed by atoms with van der Waals surface area (Å²) in [6.45, 7) is 5.07. The third-order valence-electron chi connectivity index (χ3n) is 6.84. The minimum atomic E-state index is -3.18. The molecule has 1 saturated carbocycles. The predicted molar refractivity (Wildman–Crippen MR) is 119 cm³/mol. The van der Waals surface area contributed by atoms with E-state index >= 15 is 0 Å². The zero-order valence-corrected chi connectivity index (χ0v) is 19.7. The van der Waals surface area contributed by atoms with Gasteiger partial charge in [-0.05, 0) is 19.3 Å². The number of nitrogens with zero attached hydrogens (tertiary/aromatic N) is 2. The average molecular weight is 459 g/mol. The molecule has 3 fully saturated rings. The summed E-state index contributed by atoms with van der Waals surface area (Å²) in [5.74, 6) is -0.347. The van der Waals surface area contributed by atoms with Gasteiger partial charge in [0.1, 0.15) is 6.29 Å². The second kappa shape index (κ2) is 10.6. The van der Waals surface area contributed by atoms with Crippen LogP contribution in [0.4, 0.5) is 0 Å². The first-order valence-electron chi connectivity index (χ1n) is 11.4. The van der Waals surface area contributed by atoms with E-state index in [9.17, 15) is 18.0 Å². The molecule has 178 valence electrons. The Morgan fingerprint density at radius 2 is 1.77 bits per heavy atom. The summed E-state index contributed by atoms with van der Waals surface area (Å²) in [7, 11) is -1.55. The molecule has 2 amide bonds. The summed E-state index contributed by atoms with van der Waals surface area (Å²) in [5, 5.41) is 12.8. The molecule has 11 heteroatoms. The lowest BCUT2D eigenvalue weighted by Gasteiger charge is -2.44. The van der Waals surface area contributed by atoms with E-state index in [1.807, 2.05) is 4.90 Å². The zero-order chi connectivity index (χ0) is 22.6. The first-order chi connectivity index (χ1) is 14.7. The van der Waals surface area contributed by atoms with E-state index in [2.05, 4.69) is 26.2 Å². The van der Waals surface area contributed by atoms with E-state index in [-0.39, 0.29) is 36.2 Å². The summed E-state index contributed by atoms with van der Waals surface area (Å²) in [6.07, 6.45) is 5.04. The smallest absolute Gasteiger partial charge is 0.227 e. The molecule has 0 radical (unpaired) electrons. The van der Waals surface area contributed by atoms with Crippen LogP contribution in [0.1, 0.15) is 39.0 Å². The molecule has 2 aliphatic heterocycles. The van der Waals surface area contributed by atoms with E-state index in [0.717, 1.165) is 45.3 Å². The van der Waals surface area contributed by atoms with Crippen molar-refractivity contribution in [3.05, 3.63) is 0 Å². The van der Waals surface area contributed by atoms with Gasteiger partial charge in [0.15, 0.2) is 9.84 Å². The summed E-state index contributed by atoms with van der Waals surface area (Å²) in [4.78, 5) is 28.4. The molecule has 3 aliphatic rings. The fourth-order valence-electron chi connectivity index (χ4n) is 5.07. The zero-order valence-electron chi connectivity index (χ0n) is 18.9. The lowest BCUT2D eigenvalue weighted by molar-refractivity contribution is -0.129. The average Bonchev–Trinajstić information content (AvgIpc) is 2.99. The van der Waals surface area contributed by atoms with Crippen molar-refractivity contribution in [2.45, 2.75) is 62.8 Å². The Bertz CT molecular complexity index is 748. The van der Waals surface area contributed by atoms with Gasteiger partial charge < -0.3 is 10.2 Å². The SMILES string of the molecule is CNC(=O)C1CNC(N2CCCN(C(C)=O)CC2)NC1NC1CCCCC1S(C)(=O)=O. The maximum absolute atomic E-state index is 12.5. The fraction of sp³-hybridized carbons (Fsp3) is 0.900. The van der Waals surface area contributed by atoms with Gasteiger partial charge in [0, 0.05) is 59.0 Å². The quantitative estimate of drug-likeness (QED) is 0.399. The van der Waals surface area contributed by atoms with Gasteiger partial charge in [-0.3, -0.25) is 30.4 Å². The summed E-state index contributed by atoms with van der Waals surface area (Å²) < 4.78 is 24.7. The van der Waals surface area contributed by atoms with Gasteiger partial charge in [-0.15, -0.1) is 0 Å². The third kappa shape index (κ3) is 6.16. The van der Waals surface area contributed by atoms with Crippen molar-refractivity contribution in [2.24, 2.45) is 5.92 Å². The van der Waals surface area contributed by atoms with Crippen molar-refractivity contribution in [3.63, 3.8) is 0 Å². The largest absolute Gasteiger partial charge is 0.359 e. The van der Waals surface area contributed by atoms with Crippen LogP contribution in [-0.2, 0) is 19.4 Å². The molecule has 0 aromatic rings. The Labute approximate surface area is 185 Å². The molecule has 1 aliphatic carbocycles. The van der Waals surface area contributed by atoms with Crippen LogP contribution in [0.2, 0.25) is 0 Å². The van der Waals surface area contributed by atoms with Gasteiger partial charge in [0.05, 0.1) is 17.3 Å². The highest BCUT2D eigenvalue weighted by Gasteiger charge is 2.40. The first kappa shape index (κ1) is 24.4. The van der Waals surface area contributed by atoms with Crippen LogP contribution in [0.5, 0.6) is 0 Å². The van der Waals surface area contributed by atoms with Crippen molar-refractivity contribution in [1.29, 1.82) is 0 Å². The Kier molecular flexibility index (Phi) is 8.31. The van der Waals surface area contributed by atoms with Crippen LogP contribution in [-0.4, -0.2) is 99.8 Å². The lowest BCUT2D eigenvalue weighted by Crippen LogP contribution is -2.72. The maximum Gasteiger partial charge on any atom is 0.227 e. The van der Waals surface area contributed by atoms with Crippen molar-refractivity contribution < 1.29 is 18.0 Å².